The fraction of sp³-hybridized carbons (Fsp3) is 0.690. The summed E-state index contributed by atoms with van der Waals surface area (Å²) in [5.41, 5.74) is 3.23. The zero-order valence-corrected chi connectivity index (χ0v) is 19.8. The van der Waals surface area contributed by atoms with Crippen molar-refractivity contribution in [2.75, 3.05) is 14.1 Å². The van der Waals surface area contributed by atoms with Crippen LogP contribution in [0.2, 0.25) is 0 Å². The van der Waals surface area contributed by atoms with E-state index in [4.69, 9.17) is 0 Å². The van der Waals surface area contributed by atoms with Crippen LogP contribution < -0.4 is 0 Å². The molecule has 0 N–H and O–H groups in total. The molecule has 0 spiro atoms. The molecule has 31 heavy (non-hydrogen) atoms. The van der Waals surface area contributed by atoms with E-state index >= 15 is 0 Å². The molecule has 0 aliphatic heterocycles. The first-order valence-electron chi connectivity index (χ1n) is 13.1. The smallest absolute Gasteiger partial charge is 0.0702 e. The zero-order valence-electron chi connectivity index (χ0n) is 19.8. The molecule has 4 aliphatic rings. The minimum absolute atomic E-state index is 0.505. The molecule has 4 saturated carbocycles. The molecule has 1 aromatic carbocycles. The van der Waals surface area contributed by atoms with Crippen LogP contribution in [0, 0.1) is 35.0 Å². The largest absolute Gasteiger partial charge is 0.306 e. The summed E-state index contributed by atoms with van der Waals surface area (Å²) in [5.74, 6) is 5.77. The van der Waals surface area contributed by atoms with Gasteiger partial charge >= 0.3 is 0 Å². The average Bonchev–Trinajstić information content (AvgIpc) is 3.15. The number of pyridine rings is 1. The Morgan fingerprint density at radius 2 is 1.77 bits per heavy atom. The third-order valence-corrected chi connectivity index (χ3v) is 10.7. The molecule has 1 heterocycles. The van der Waals surface area contributed by atoms with Crippen molar-refractivity contribution in [3.63, 3.8) is 0 Å². The lowest BCUT2D eigenvalue weighted by atomic mass is 9.49. The minimum Gasteiger partial charge on any atom is -0.306 e. The predicted molar refractivity (Wildman–Crippen MR) is 129 cm³/mol. The predicted octanol–water partition coefficient (Wildman–Crippen LogP) is 6.90. The highest BCUT2D eigenvalue weighted by Gasteiger charge is 2.57. The van der Waals surface area contributed by atoms with Gasteiger partial charge in [-0.2, -0.15) is 0 Å². The quantitative estimate of drug-likeness (QED) is 0.529. The highest BCUT2D eigenvalue weighted by atomic mass is 15.1. The van der Waals surface area contributed by atoms with Crippen molar-refractivity contribution in [3.05, 3.63) is 42.1 Å². The lowest BCUT2D eigenvalue weighted by molar-refractivity contribution is -0.0624. The molecule has 4 aliphatic carbocycles. The van der Waals surface area contributed by atoms with Crippen molar-refractivity contribution in [1.29, 1.82) is 0 Å². The Morgan fingerprint density at radius 1 is 0.903 bits per heavy atom. The maximum Gasteiger partial charge on any atom is 0.0702 e. The van der Waals surface area contributed by atoms with E-state index in [0.717, 1.165) is 47.1 Å². The van der Waals surface area contributed by atoms with Crippen molar-refractivity contribution in [3.8, 4) is 0 Å². The summed E-state index contributed by atoms with van der Waals surface area (Å²) in [6.07, 6.45) is 15.2. The zero-order chi connectivity index (χ0) is 21.2. The summed E-state index contributed by atoms with van der Waals surface area (Å²) in [5, 5.41) is 1.32. The monoisotopic (exact) mass is 416 g/mol. The van der Waals surface area contributed by atoms with Crippen LogP contribution in [0.5, 0.6) is 0 Å². The fourth-order valence-electron chi connectivity index (χ4n) is 9.16. The molecule has 0 saturated heterocycles. The molecule has 1 aromatic heterocycles. The van der Waals surface area contributed by atoms with Gasteiger partial charge in [0.2, 0.25) is 0 Å². The van der Waals surface area contributed by atoms with Crippen molar-refractivity contribution in [1.82, 2.24) is 9.88 Å². The van der Waals surface area contributed by atoms with Gasteiger partial charge in [0.25, 0.3) is 0 Å². The number of aromatic nitrogens is 1. The van der Waals surface area contributed by atoms with Gasteiger partial charge in [-0.25, -0.2) is 0 Å². The van der Waals surface area contributed by atoms with Gasteiger partial charge in [-0.15, -0.1) is 0 Å². The Kier molecular flexibility index (Phi) is 4.94. The molecule has 0 radical (unpaired) electrons. The van der Waals surface area contributed by atoms with E-state index in [9.17, 15) is 0 Å². The summed E-state index contributed by atoms with van der Waals surface area (Å²) < 4.78 is 0. The van der Waals surface area contributed by atoms with Crippen LogP contribution in [0.1, 0.15) is 76.2 Å². The number of benzene rings is 1. The van der Waals surface area contributed by atoms with E-state index in [1.165, 1.54) is 63.2 Å². The average molecular weight is 417 g/mol. The molecule has 2 nitrogen and oxygen atoms in total. The van der Waals surface area contributed by atoms with Crippen molar-refractivity contribution in [2.45, 2.75) is 76.7 Å². The first kappa shape index (κ1) is 20.2. The number of fused-ring (bicyclic) bond motifs is 6. The summed E-state index contributed by atoms with van der Waals surface area (Å²) in [6.45, 7) is 2.67. The molecule has 166 valence electrons. The van der Waals surface area contributed by atoms with Crippen LogP contribution in [0.25, 0.3) is 10.9 Å². The van der Waals surface area contributed by atoms with E-state index in [-0.39, 0.29) is 0 Å². The van der Waals surface area contributed by atoms with Gasteiger partial charge in [0.05, 0.1) is 5.52 Å². The second-order valence-corrected chi connectivity index (χ2v) is 12.0. The highest BCUT2D eigenvalue weighted by Crippen LogP contribution is 2.66. The van der Waals surface area contributed by atoms with Gasteiger partial charge in [-0.05, 0) is 137 Å². The molecule has 0 bridgehead atoms. The summed E-state index contributed by atoms with van der Waals surface area (Å²) in [6, 6.07) is 12.3. The van der Waals surface area contributed by atoms with Crippen molar-refractivity contribution in [2.24, 2.45) is 35.0 Å². The maximum absolute atomic E-state index is 4.55. The van der Waals surface area contributed by atoms with Gasteiger partial charge in [0, 0.05) is 17.6 Å². The Balaban J connectivity index is 1.24. The van der Waals surface area contributed by atoms with Gasteiger partial charge in [0.15, 0.2) is 0 Å². The topological polar surface area (TPSA) is 16.1 Å². The summed E-state index contributed by atoms with van der Waals surface area (Å²) in [7, 11) is 4.59. The third-order valence-electron chi connectivity index (χ3n) is 10.7. The lowest BCUT2D eigenvalue weighted by Crippen LogP contribution is -2.49. The van der Waals surface area contributed by atoms with E-state index < -0.39 is 0 Å². The Morgan fingerprint density at radius 3 is 2.65 bits per heavy atom. The first-order valence-corrected chi connectivity index (χ1v) is 13.1. The maximum atomic E-state index is 4.55. The van der Waals surface area contributed by atoms with Crippen LogP contribution in [0.4, 0.5) is 0 Å². The molecule has 6 rings (SSSR count). The lowest BCUT2D eigenvalue weighted by Gasteiger charge is -2.56. The molecule has 4 fully saturated rings. The number of hydrogen-bond donors (Lipinski definition) is 0. The Hall–Kier alpha value is -1.41. The van der Waals surface area contributed by atoms with Gasteiger partial charge in [-0.3, -0.25) is 4.98 Å². The second kappa shape index (κ2) is 7.58. The minimum atomic E-state index is 0.505. The van der Waals surface area contributed by atoms with Crippen molar-refractivity contribution >= 4 is 10.9 Å². The second-order valence-electron chi connectivity index (χ2n) is 12.0. The SMILES string of the molecule is CN(C)C1CCC2C(CCC3C2CCC2(C)C(c4ccc5ncccc5c4)CCC32)C1. The van der Waals surface area contributed by atoms with E-state index in [0.29, 0.717) is 5.41 Å². The van der Waals surface area contributed by atoms with Crippen LogP contribution in [0.3, 0.4) is 0 Å². The molecular formula is C29H40N2. The van der Waals surface area contributed by atoms with E-state index in [1.807, 2.05) is 6.20 Å². The molecule has 2 heteroatoms. The number of rotatable bonds is 2. The molecule has 2 aromatic rings. The van der Waals surface area contributed by atoms with Crippen LogP contribution in [0.15, 0.2) is 36.5 Å². The van der Waals surface area contributed by atoms with Crippen LogP contribution >= 0.6 is 0 Å². The molecule has 0 amide bonds. The third kappa shape index (κ3) is 3.19. The Labute approximate surface area is 188 Å². The molecule has 8 atom stereocenters. The first-order chi connectivity index (χ1) is 15.0. The fourth-order valence-corrected chi connectivity index (χ4v) is 9.16. The molecular weight excluding hydrogens is 376 g/mol. The number of nitrogens with zero attached hydrogens (tertiary/aromatic N) is 2. The van der Waals surface area contributed by atoms with Crippen LogP contribution in [-0.4, -0.2) is 30.0 Å². The normalized spacial score (nSPS) is 42.3. The standard InChI is InChI=1S/C29H40N2/c1-29-15-14-24-23-10-8-22(31(2)3)18-19(23)6-9-25(24)27(29)12-11-26(29)20-7-13-28-21(17-20)5-4-16-30-28/h4-5,7,13,16-17,19,22-27H,6,8-12,14-15,18H2,1-3H3. The van der Waals surface area contributed by atoms with Gasteiger partial charge < -0.3 is 4.90 Å². The van der Waals surface area contributed by atoms with E-state index in [1.54, 1.807) is 5.56 Å². The van der Waals surface area contributed by atoms with Gasteiger partial charge in [-0.1, -0.05) is 19.1 Å². The van der Waals surface area contributed by atoms with Crippen molar-refractivity contribution < 1.29 is 0 Å². The Bertz CT molecular complexity index is 951. The van der Waals surface area contributed by atoms with Gasteiger partial charge in [0.1, 0.15) is 0 Å². The summed E-state index contributed by atoms with van der Waals surface area (Å²) in [4.78, 5) is 7.05. The summed E-state index contributed by atoms with van der Waals surface area (Å²) >= 11 is 0. The highest BCUT2D eigenvalue weighted by molar-refractivity contribution is 5.79. The molecule has 8 unspecified atom stereocenters. The van der Waals surface area contributed by atoms with Crippen LogP contribution in [-0.2, 0) is 0 Å². The number of hydrogen-bond acceptors (Lipinski definition) is 2. The van der Waals surface area contributed by atoms with E-state index in [2.05, 4.69) is 61.2 Å².